The van der Waals surface area contributed by atoms with Crippen LogP contribution in [0.3, 0.4) is 0 Å². The minimum absolute atomic E-state index is 0.0549. The van der Waals surface area contributed by atoms with E-state index in [4.69, 9.17) is 4.74 Å². The summed E-state index contributed by atoms with van der Waals surface area (Å²) in [4.78, 5) is 39.7. The van der Waals surface area contributed by atoms with E-state index in [1.165, 1.54) is 0 Å². The fourth-order valence-corrected chi connectivity index (χ4v) is 3.84. The van der Waals surface area contributed by atoms with E-state index in [0.717, 1.165) is 0 Å². The van der Waals surface area contributed by atoms with E-state index in [1.807, 2.05) is 35.2 Å². The topological polar surface area (TPSA) is 79.0 Å². The van der Waals surface area contributed by atoms with Crippen molar-refractivity contribution in [1.82, 2.24) is 15.1 Å². The Kier molecular flexibility index (Phi) is 3.63. The molecule has 24 heavy (non-hydrogen) atoms. The normalized spacial score (nSPS) is 28.5. The molecule has 1 aromatic rings. The number of carbonyl (C=O) groups excluding carboxylic acids is 3. The number of hydrogen-bond acceptors (Lipinski definition) is 4. The fourth-order valence-electron chi connectivity index (χ4n) is 3.84. The van der Waals surface area contributed by atoms with Crippen molar-refractivity contribution in [2.75, 3.05) is 32.8 Å². The van der Waals surface area contributed by atoms with Crippen LogP contribution in [0.25, 0.3) is 0 Å². The quantitative estimate of drug-likeness (QED) is 0.848. The third-order valence-corrected chi connectivity index (χ3v) is 5.08. The fraction of sp³-hybridized carbons (Fsp3) is 0.471. The monoisotopic (exact) mass is 329 g/mol. The zero-order chi connectivity index (χ0) is 16.7. The summed E-state index contributed by atoms with van der Waals surface area (Å²) in [6, 6.07) is 8.71. The predicted octanol–water partition coefficient (Wildman–Crippen LogP) is 0.325. The molecular weight excluding hydrogens is 310 g/mol. The second-order valence-electron chi connectivity index (χ2n) is 6.63. The molecule has 1 N–H and O–H groups in total. The number of alkyl carbamates (subject to hydrolysis) is 1. The van der Waals surface area contributed by atoms with Crippen molar-refractivity contribution in [3.63, 3.8) is 0 Å². The minimum atomic E-state index is -0.571. The Morgan fingerprint density at radius 2 is 1.62 bits per heavy atom. The summed E-state index contributed by atoms with van der Waals surface area (Å²) in [7, 11) is 0. The average Bonchev–Trinajstić information content (AvgIpc) is 3.28. The van der Waals surface area contributed by atoms with E-state index in [0.29, 0.717) is 43.6 Å². The van der Waals surface area contributed by atoms with Gasteiger partial charge in [0.25, 0.3) is 5.91 Å². The van der Waals surface area contributed by atoms with Crippen molar-refractivity contribution >= 4 is 17.9 Å². The van der Waals surface area contributed by atoms with Gasteiger partial charge in [0.15, 0.2) is 0 Å². The van der Waals surface area contributed by atoms with E-state index in [-0.39, 0.29) is 18.4 Å². The third-order valence-electron chi connectivity index (χ3n) is 5.08. The number of ether oxygens (including phenoxy) is 1. The first kappa shape index (κ1) is 15.0. The van der Waals surface area contributed by atoms with Gasteiger partial charge in [-0.15, -0.1) is 0 Å². The molecule has 0 aliphatic carbocycles. The van der Waals surface area contributed by atoms with Gasteiger partial charge in [0.1, 0.15) is 12.6 Å². The smallest absolute Gasteiger partial charge is 0.407 e. The van der Waals surface area contributed by atoms with E-state index < -0.39 is 12.1 Å². The van der Waals surface area contributed by atoms with Gasteiger partial charge >= 0.3 is 6.09 Å². The average molecular weight is 329 g/mol. The summed E-state index contributed by atoms with van der Waals surface area (Å²) in [6.07, 6.45) is -0.535. The summed E-state index contributed by atoms with van der Waals surface area (Å²) < 4.78 is 4.79. The highest BCUT2D eigenvalue weighted by atomic mass is 16.6. The van der Waals surface area contributed by atoms with Crippen LogP contribution in [0.5, 0.6) is 0 Å². The summed E-state index contributed by atoms with van der Waals surface area (Å²) in [5.74, 6) is 0.579. The molecule has 4 rings (SSSR count). The molecule has 0 radical (unpaired) electrons. The van der Waals surface area contributed by atoms with Crippen LogP contribution in [-0.2, 0) is 9.53 Å². The highest BCUT2D eigenvalue weighted by Gasteiger charge is 2.45. The van der Waals surface area contributed by atoms with E-state index in [1.54, 1.807) is 4.90 Å². The Bertz CT molecular complexity index is 664. The number of nitrogens with zero attached hydrogens (tertiary/aromatic N) is 2. The van der Waals surface area contributed by atoms with Crippen LogP contribution in [0.2, 0.25) is 0 Å². The molecule has 3 aliphatic heterocycles. The van der Waals surface area contributed by atoms with Crippen LogP contribution in [0.1, 0.15) is 10.4 Å². The molecule has 3 fully saturated rings. The lowest BCUT2D eigenvalue weighted by Crippen LogP contribution is -2.45. The van der Waals surface area contributed by atoms with Crippen molar-refractivity contribution < 1.29 is 19.1 Å². The molecule has 0 bridgehead atoms. The number of benzene rings is 1. The first-order valence-electron chi connectivity index (χ1n) is 8.18. The SMILES string of the molecule is O=C1N[C@H](C(=O)N2C[C@H]3CN(C(=O)c4ccccc4)C[C@H]3C2)CO1. The van der Waals surface area contributed by atoms with Crippen molar-refractivity contribution in [2.45, 2.75) is 6.04 Å². The Morgan fingerprint density at radius 3 is 2.21 bits per heavy atom. The maximum Gasteiger partial charge on any atom is 0.407 e. The Balaban J connectivity index is 1.36. The van der Waals surface area contributed by atoms with Crippen molar-refractivity contribution in [1.29, 1.82) is 0 Å². The summed E-state index contributed by atoms with van der Waals surface area (Å²) >= 11 is 0. The highest BCUT2D eigenvalue weighted by Crippen LogP contribution is 2.32. The summed E-state index contributed by atoms with van der Waals surface area (Å²) in [6.45, 7) is 2.72. The van der Waals surface area contributed by atoms with Crippen LogP contribution in [-0.4, -0.2) is 66.5 Å². The first-order valence-corrected chi connectivity index (χ1v) is 8.18. The molecule has 3 aliphatic rings. The third kappa shape index (κ3) is 2.60. The maximum absolute atomic E-state index is 12.5. The van der Waals surface area contributed by atoms with E-state index in [2.05, 4.69) is 5.32 Å². The second-order valence-corrected chi connectivity index (χ2v) is 6.63. The van der Waals surface area contributed by atoms with Gasteiger partial charge in [0.2, 0.25) is 5.91 Å². The summed E-state index contributed by atoms with van der Waals surface area (Å²) in [5.41, 5.74) is 0.705. The van der Waals surface area contributed by atoms with Crippen molar-refractivity contribution in [2.24, 2.45) is 11.8 Å². The molecule has 7 nitrogen and oxygen atoms in total. The van der Waals surface area contributed by atoms with Crippen LogP contribution < -0.4 is 5.32 Å². The van der Waals surface area contributed by atoms with E-state index in [9.17, 15) is 14.4 Å². The molecule has 7 heteroatoms. The number of carbonyl (C=O) groups is 3. The van der Waals surface area contributed by atoms with Gasteiger partial charge in [0, 0.05) is 43.6 Å². The largest absolute Gasteiger partial charge is 0.447 e. The lowest BCUT2D eigenvalue weighted by Gasteiger charge is -2.23. The van der Waals surface area contributed by atoms with E-state index >= 15 is 0 Å². The molecule has 3 amide bonds. The number of fused-ring (bicyclic) bond motifs is 1. The molecule has 0 unspecified atom stereocenters. The minimum Gasteiger partial charge on any atom is -0.447 e. The van der Waals surface area contributed by atoms with Crippen LogP contribution in [0, 0.1) is 11.8 Å². The van der Waals surface area contributed by atoms with Crippen LogP contribution in [0.4, 0.5) is 4.79 Å². The number of rotatable bonds is 2. The van der Waals surface area contributed by atoms with Gasteiger partial charge in [-0.1, -0.05) is 18.2 Å². The molecule has 1 aromatic carbocycles. The Morgan fingerprint density at radius 1 is 1.00 bits per heavy atom. The van der Waals surface area contributed by atoms with Crippen molar-refractivity contribution in [3.05, 3.63) is 35.9 Å². The second kappa shape index (κ2) is 5.81. The highest BCUT2D eigenvalue weighted by molar-refractivity contribution is 5.94. The molecule has 3 saturated heterocycles. The molecule has 0 spiro atoms. The molecule has 0 aromatic heterocycles. The van der Waals surface area contributed by atoms with Gasteiger partial charge in [-0.3, -0.25) is 9.59 Å². The lowest BCUT2D eigenvalue weighted by molar-refractivity contribution is -0.132. The standard InChI is InChI=1S/C17H19N3O4/c21-15(11-4-2-1-3-5-11)19-6-12-8-20(9-13(12)7-19)16(22)14-10-24-17(23)18-14/h1-5,12-14H,6-10H2,(H,18,23)/t12-,13+,14-/m0/s1. The Labute approximate surface area is 139 Å². The molecule has 126 valence electrons. The number of nitrogens with one attached hydrogen (secondary N) is 1. The van der Waals surface area contributed by atoms with Gasteiger partial charge < -0.3 is 19.9 Å². The van der Waals surface area contributed by atoms with Gasteiger partial charge in [0.05, 0.1) is 0 Å². The van der Waals surface area contributed by atoms with Gasteiger partial charge in [-0.25, -0.2) is 4.79 Å². The lowest BCUT2D eigenvalue weighted by atomic mass is 10.0. The van der Waals surface area contributed by atoms with Crippen LogP contribution in [0.15, 0.2) is 30.3 Å². The van der Waals surface area contributed by atoms with Gasteiger partial charge in [-0.05, 0) is 12.1 Å². The zero-order valence-corrected chi connectivity index (χ0v) is 13.2. The van der Waals surface area contributed by atoms with Crippen LogP contribution >= 0.6 is 0 Å². The van der Waals surface area contributed by atoms with Crippen molar-refractivity contribution in [3.8, 4) is 0 Å². The van der Waals surface area contributed by atoms with Gasteiger partial charge in [-0.2, -0.15) is 0 Å². The summed E-state index contributed by atoms with van der Waals surface area (Å²) in [5, 5.41) is 2.53. The molecule has 0 saturated carbocycles. The Hall–Kier alpha value is -2.57. The number of hydrogen-bond donors (Lipinski definition) is 1. The number of cyclic esters (lactones) is 1. The zero-order valence-electron chi connectivity index (χ0n) is 13.2. The number of amides is 3. The number of likely N-dealkylation sites (tertiary alicyclic amines) is 2. The molecular formula is C17H19N3O4. The maximum atomic E-state index is 12.5. The first-order chi connectivity index (χ1) is 11.6. The molecule has 3 heterocycles. The molecule has 3 atom stereocenters. The predicted molar refractivity (Wildman–Crippen MR) is 84.2 cm³/mol.